The van der Waals surface area contributed by atoms with Crippen molar-refractivity contribution in [1.82, 2.24) is 0 Å². The highest BCUT2D eigenvalue weighted by atomic mass is 32.2. The third kappa shape index (κ3) is 6.82. The molecular formula is C23H19F2NO4S. The van der Waals surface area contributed by atoms with Crippen LogP contribution >= 0.6 is 11.8 Å². The zero-order valence-electron chi connectivity index (χ0n) is 16.2. The number of anilines is 1. The quantitative estimate of drug-likeness (QED) is 0.359. The Balaban J connectivity index is 1.65. The summed E-state index contributed by atoms with van der Waals surface area (Å²) >= 11 is 1.31. The zero-order chi connectivity index (χ0) is 22.1. The summed E-state index contributed by atoms with van der Waals surface area (Å²) in [6.45, 7) is -3.60. The molecule has 0 saturated carbocycles. The van der Waals surface area contributed by atoms with Crippen molar-refractivity contribution in [1.29, 1.82) is 0 Å². The summed E-state index contributed by atoms with van der Waals surface area (Å²) < 4.78 is 34.6. The first kappa shape index (κ1) is 22.3. The number of thioether (sulfide) groups is 1. The number of nitrogens with one attached hydrogen (secondary N) is 1. The highest BCUT2D eigenvalue weighted by Crippen LogP contribution is 2.36. The van der Waals surface area contributed by atoms with Crippen molar-refractivity contribution in [2.24, 2.45) is 0 Å². The SMILES string of the molecule is O=C(COC(=O)[C@H](Sc1ccccc1)c1ccccc1)Nc1ccccc1OC(F)F. The number of amides is 1. The van der Waals surface area contributed by atoms with Gasteiger partial charge in [0.15, 0.2) is 6.61 Å². The molecule has 0 saturated heterocycles. The van der Waals surface area contributed by atoms with Crippen molar-refractivity contribution >= 4 is 29.3 Å². The number of alkyl halides is 2. The summed E-state index contributed by atoms with van der Waals surface area (Å²) in [5.41, 5.74) is 0.791. The summed E-state index contributed by atoms with van der Waals surface area (Å²) in [5, 5.41) is 1.74. The summed E-state index contributed by atoms with van der Waals surface area (Å²) in [6, 6.07) is 24.2. The summed E-state index contributed by atoms with van der Waals surface area (Å²) in [5.74, 6) is -1.44. The molecule has 0 unspecified atom stereocenters. The minimum Gasteiger partial charge on any atom is -0.454 e. The molecule has 3 aromatic carbocycles. The highest BCUT2D eigenvalue weighted by Gasteiger charge is 2.24. The Bertz CT molecular complexity index is 1000. The van der Waals surface area contributed by atoms with E-state index in [9.17, 15) is 18.4 Å². The topological polar surface area (TPSA) is 64.6 Å². The fraction of sp³-hybridized carbons (Fsp3) is 0.130. The maximum Gasteiger partial charge on any atom is 0.387 e. The van der Waals surface area contributed by atoms with Gasteiger partial charge in [-0.2, -0.15) is 8.78 Å². The normalized spacial score (nSPS) is 11.6. The molecule has 0 spiro atoms. The molecule has 0 heterocycles. The van der Waals surface area contributed by atoms with Gasteiger partial charge in [-0.1, -0.05) is 60.7 Å². The van der Waals surface area contributed by atoms with Crippen LogP contribution in [0.5, 0.6) is 5.75 Å². The average Bonchev–Trinajstić information content (AvgIpc) is 2.78. The number of hydrogen-bond donors (Lipinski definition) is 1. The Labute approximate surface area is 182 Å². The number of esters is 1. The van der Waals surface area contributed by atoms with Crippen LogP contribution in [0.2, 0.25) is 0 Å². The van der Waals surface area contributed by atoms with Gasteiger partial charge in [0.25, 0.3) is 5.91 Å². The number of carbonyl (C=O) groups is 2. The fourth-order valence-electron chi connectivity index (χ4n) is 2.68. The Morgan fingerprint density at radius 1 is 0.871 bits per heavy atom. The molecule has 0 radical (unpaired) electrons. The molecule has 0 aliphatic rings. The van der Waals surface area contributed by atoms with Crippen LogP contribution in [0.3, 0.4) is 0 Å². The molecule has 1 amide bonds. The van der Waals surface area contributed by atoms with Crippen LogP contribution in [0.15, 0.2) is 89.8 Å². The van der Waals surface area contributed by atoms with Gasteiger partial charge >= 0.3 is 12.6 Å². The Hall–Kier alpha value is -3.39. The van der Waals surface area contributed by atoms with Gasteiger partial charge in [-0.15, -0.1) is 11.8 Å². The van der Waals surface area contributed by atoms with E-state index in [0.717, 1.165) is 10.5 Å². The molecule has 1 N–H and O–H groups in total. The molecule has 0 fully saturated rings. The molecular weight excluding hydrogens is 424 g/mol. The van der Waals surface area contributed by atoms with Gasteiger partial charge in [-0.05, 0) is 29.8 Å². The predicted molar refractivity (Wildman–Crippen MR) is 114 cm³/mol. The average molecular weight is 443 g/mol. The number of halogens is 2. The predicted octanol–water partition coefficient (Wildman–Crippen LogP) is 5.30. The second-order valence-electron chi connectivity index (χ2n) is 6.25. The molecule has 0 bridgehead atoms. The van der Waals surface area contributed by atoms with E-state index in [1.165, 1.54) is 30.0 Å². The minimum atomic E-state index is -3.03. The van der Waals surface area contributed by atoms with Gasteiger partial charge < -0.3 is 14.8 Å². The van der Waals surface area contributed by atoms with Crippen LogP contribution in [0.4, 0.5) is 14.5 Å². The first-order valence-electron chi connectivity index (χ1n) is 9.30. The van der Waals surface area contributed by atoms with Crippen LogP contribution in [0, 0.1) is 0 Å². The maximum atomic E-state index is 12.8. The van der Waals surface area contributed by atoms with E-state index >= 15 is 0 Å². The lowest BCUT2D eigenvalue weighted by Crippen LogP contribution is -2.23. The molecule has 0 aliphatic carbocycles. The van der Waals surface area contributed by atoms with Crippen molar-refractivity contribution < 1.29 is 27.8 Å². The standard InChI is InChI=1S/C23H19F2NO4S/c24-23(25)30-19-14-8-7-13-18(19)26-20(27)15-29-22(28)21(16-9-3-1-4-10-16)31-17-11-5-2-6-12-17/h1-14,21,23H,15H2,(H,26,27)/t21-/m1/s1. The van der Waals surface area contributed by atoms with Gasteiger partial charge in [-0.3, -0.25) is 9.59 Å². The molecule has 5 nitrogen and oxygen atoms in total. The van der Waals surface area contributed by atoms with Gasteiger partial charge in [-0.25, -0.2) is 0 Å². The number of benzene rings is 3. The lowest BCUT2D eigenvalue weighted by Gasteiger charge is -2.16. The van der Waals surface area contributed by atoms with Gasteiger partial charge in [0.2, 0.25) is 0 Å². The summed E-state index contributed by atoms with van der Waals surface area (Å²) in [4.78, 5) is 25.9. The summed E-state index contributed by atoms with van der Waals surface area (Å²) in [7, 11) is 0. The molecule has 3 aromatic rings. The molecule has 31 heavy (non-hydrogen) atoms. The van der Waals surface area contributed by atoms with Crippen molar-refractivity contribution in [2.45, 2.75) is 16.8 Å². The second-order valence-corrected chi connectivity index (χ2v) is 7.43. The van der Waals surface area contributed by atoms with Gasteiger partial charge in [0.05, 0.1) is 5.69 Å². The number of rotatable bonds is 9. The van der Waals surface area contributed by atoms with E-state index in [0.29, 0.717) is 0 Å². The van der Waals surface area contributed by atoms with E-state index in [1.807, 2.05) is 48.5 Å². The largest absolute Gasteiger partial charge is 0.454 e. The Morgan fingerprint density at radius 3 is 2.16 bits per heavy atom. The van der Waals surface area contributed by atoms with Crippen LogP contribution in [-0.4, -0.2) is 25.1 Å². The fourth-order valence-corrected chi connectivity index (χ4v) is 3.73. The zero-order valence-corrected chi connectivity index (χ0v) is 17.1. The monoisotopic (exact) mass is 443 g/mol. The van der Waals surface area contributed by atoms with Crippen molar-refractivity contribution in [3.8, 4) is 5.75 Å². The summed E-state index contributed by atoms with van der Waals surface area (Å²) in [6.07, 6.45) is 0. The number of para-hydroxylation sites is 2. The van der Waals surface area contributed by atoms with E-state index in [-0.39, 0.29) is 11.4 Å². The third-order valence-electron chi connectivity index (χ3n) is 4.04. The smallest absolute Gasteiger partial charge is 0.387 e. The van der Waals surface area contributed by atoms with Crippen molar-refractivity contribution in [3.05, 3.63) is 90.5 Å². The lowest BCUT2D eigenvalue weighted by molar-refractivity contribution is -0.146. The minimum absolute atomic E-state index is 0.0575. The third-order valence-corrected chi connectivity index (χ3v) is 5.28. The van der Waals surface area contributed by atoms with Crippen molar-refractivity contribution in [3.63, 3.8) is 0 Å². The number of ether oxygens (including phenoxy) is 2. The molecule has 160 valence electrons. The van der Waals surface area contributed by atoms with Crippen LogP contribution in [-0.2, 0) is 14.3 Å². The van der Waals surface area contributed by atoms with Crippen molar-refractivity contribution in [2.75, 3.05) is 11.9 Å². The first-order chi connectivity index (χ1) is 15.0. The van der Waals surface area contributed by atoms with Gasteiger partial charge in [0, 0.05) is 4.90 Å². The second kappa shape index (κ2) is 11.1. The van der Waals surface area contributed by atoms with E-state index in [4.69, 9.17) is 4.74 Å². The number of carbonyl (C=O) groups excluding carboxylic acids is 2. The van der Waals surface area contributed by atoms with Crippen LogP contribution < -0.4 is 10.1 Å². The molecule has 8 heteroatoms. The molecule has 3 rings (SSSR count). The van der Waals surface area contributed by atoms with Crippen LogP contribution in [0.25, 0.3) is 0 Å². The molecule has 0 aliphatic heterocycles. The van der Waals surface area contributed by atoms with E-state index in [1.54, 1.807) is 18.2 Å². The van der Waals surface area contributed by atoms with E-state index < -0.39 is 30.3 Å². The number of hydrogen-bond acceptors (Lipinski definition) is 5. The first-order valence-corrected chi connectivity index (χ1v) is 10.2. The van der Waals surface area contributed by atoms with Crippen LogP contribution in [0.1, 0.15) is 10.8 Å². The lowest BCUT2D eigenvalue weighted by atomic mass is 10.1. The molecule has 1 atom stereocenters. The van der Waals surface area contributed by atoms with Gasteiger partial charge in [0.1, 0.15) is 11.0 Å². The Kier molecular flexibility index (Phi) is 8.00. The maximum absolute atomic E-state index is 12.8. The highest BCUT2D eigenvalue weighted by molar-refractivity contribution is 8.00. The van der Waals surface area contributed by atoms with E-state index in [2.05, 4.69) is 10.1 Å². The Morgan fingerprint density at radius 2 is 1.48 bits per heavy atom. The molecule has 0 aromatic heterocycles.